The van der Waals surface area contributed by atoms with E-state index in [2.05, 4.69) is 21.2 Å². The summed E-state index contributed by atoms with van der Waals surface area (Å²) < 4.78 is 0.737. The summed E-state index contributed by atoms with van der Waals surface area (Å²) in [7, 11) is 0. The summed E-state index contributed by atoms with van der Waals surface area (Å²) in [5.74, 6) is -0.283. The van der Waals surface area contributed by atoms with Crippen LogP contribution in [0.3, 0.4) is 0 Å². The maximum atomic E-state index is 11.8. The molecule has 0 heterocycles. The zero-order valence-corrected chi connectivity index (χ0v) is 11.4. The van der Waals surface area contributed by atoms with E-state index in [0.717, 1.165) is 10.0 Å². The topological polar surface area (TPSA) is 69.6 Å². The Morgan fingerprint density at radius 1 is 1.53 bits per heavy atom. The number of amides is 1. The molecule has 1 aromatic rings. The lowest BCUT2D eigenvalue weighted by Gasteiger charge is -2.20. The number of rotatable bonds is 4. The van der Waals surface area contributed by atoms with Crippen LogP contribution in [0.4, 0.5) is 0 Å². The number of aliphatic hydroxyl groups is 2. The number of aryl methyl sites for hydroxylation is 1. The summed E-state index contributed by atoms with van der Waals surface area (Å²) in [4.78, 5) is 11.8. The lowest BCUT2D eigenvalue weighted by Crippen LogP contribution is -2.43. The second-order valence-corrected chi connectivity index (χ2v) is 5.07. The minimum absolute atomic E-state index is 0.00269. The fourth-order valence-electron chi connectivity index (χ4n) is 1.24. The molecule has 4 nitrogen and oxygen atoms in total. The van der Waals surface area contributed by atoms with E-state index in [1.165, 1.54) is 6.92 Å². The number of hydrogen-bond donors (Lipinski definition) is 3. The van der Waals surface area contributed by atoms with Gasteiger partial charge in [0.15, 0.2) is 0 Å². The van der Waals surface area contributed by atoms with Gasteiger partial charge >= 0.3 is 0 Å². The summed E-state index contributed by atoms with van der Waals surface area (Å²) in [6.45, 7) is 2.95. The highest BCUT2D eigenvalue weighted by molar-refractivity contribution is 9.10. The number of carbonyl (C=O) groups excluding carboxylic acids is 1. The highest BCUT2D eigenvalue weighted by Crippen LogP contribution is 2.20. The standard InChI is InChI=1S/C12H16BrNO3/c1-8-4-3-5-9(10(8)13)11(16)14-6-12(2,17)7-15/h3-5,15,17H,6-7H2,1-2H3,(H,14,16). The van der Waals surface area contributed by atoms with Crippen LogP contribution in [0.15, 0.2) is 22.7 Å². The molecule has 0 aliphatic rings. The van der Waals surface area contributed by atoms with Gasteiger partial charge in [-0.3, -0.25) is 4.79 Å². The Morgan fingerprint density at radius 3 is 2.76 bits per heavy atom. The van der Waals surface area contributed by atoms with Crippen LogP contribution >= 0.6 is 15.9 Å². The highest BCUT2D eigenvalue weighted by atomic mass is 79.9. The van der Waals surface area contributed by atoms with Crippen LogP contribution in [0.2, 0.25) is 0 Å². The molecule has 0 radical (unpaired) electrons. The van der Waals surface area contributed by atoms with Crippen molar-refractivity contribution in [3.8, 4) is 0 Å². The Kier molecular flexibility index (Phi) is 4.68. The first-order chi connectivity index (χ1) is 7.87. The normalized spacial score (nSPS) is 14.2. The van der Waals surface area contributed by atoms with Gasteiger partial charge in [0.1, 0.15) is 5.60 Å². The van der Waals surface area contributed by atoms with Gasteiger partial charge in [0.05, 0.1) is 12.2 Å². The van der Waals surface area contributed by atoms with Crippen LogP contribution in [-0.4, -0.2) is 34.9 Å². The van der Waals surface area contributed by atoms with Gasteiger partial charge < -0.3 is 15.5 Å². The maximum absolute atomic E-state index is 11.8. The van der Waals surface area contributed by atoms with E-state index in [1.54, 1.807) is 12.1 Å². The Bertz CT molecular complexity index is 418. The summed E-state index contributed by atoms with van der Waals surface area (Å²) in [5.41, 5.74) is 0.177. The molecule has 0 aliphatic heterocycles. The molecule has 0 saturated carbocycles. The SMILES string of the molecule is Cc1cccc(C(=O)NCC(C)(O)CO)c1Br. The lowest BCUT2D eigenvalue weighted by atomic mass is 10.1. The van der Waals surface area contributed by atoms with Crippen molar-refractivity contribution < 1.29 is 15.0 Å². The number of aliphatic hydroxyl groups excluding tert-OH is 1. The summed E-state index contributed by atoms with van der Waals surface area (Å²) in [6.07, 6.45) is 0. The average molecular weight is 302 g/mol. The summed E-state index contributed by atoms with van der Waals surface area (Å²) in [6, 6.07) is 5.38. The molecular weight excluding hydrogens is 286 g/mol. The molecule has 1 atom stereocenters. The van der Waals surface area contributed by atoms with E-state index in [1.807, 2.05) is 13.0 Å². The average Bonchev–Trinajstić information content (AvgIpc) is 2.30. The molecule has 1 unspecified atom stereocenters. The summed E-state index contributed by atoms with van der Waals surface area (Å²) >= 11 is 3.35. The van der Waals surface area contributed by atoms with E-state index < -0.39 is 12.2 Å². The van der Waals surface area contributed by atoms with Crippen LogP contribution in [0, 0.1) is 6.92 Å². The van der Waals surface area contributed by atoms with Gasteiger partial charge in [0.2, 0.25) is 0 Å². The number of nitrogens with one attached hydrogen (secondary N) is 1. The molecule has 94 valence electrons. The molecular formula is C12H16BrNO3. The monoisotopic (exact) mass is 301 g/mol. The largest absolute Gasteiger partial charge is 0.393 e. The van der Waals surface area contributed by atoms with Crippen molar-refractivity contribution in [3.05, 3.63) is 33.8 Å². The fourth-order valence-corrected chi connectivity index (χ4v) is 1.69. The van der Waals surface area contributed by atoms with Crippen LogP contribution in [0.1, 0.15) is 22.8 Å². The second kappa shape index (κ2) is 5.62. The first kappa shape index (κ1) is 14.2. The number of carbonyl (C=O) groups is 1. The predicted octanol–water partition coefficient (Wildman–Crippen LogP) is 1.23. The fraction of sp³-hybridized carbons (Fsp3) is 0.417. The molecule has 0 spiro atoms. The molecule has 0 fully saturated rings. The second-order valence-electron chi connectivity index (χ2n) is 4.27. The van der Waals surface area contributed by atoms with E-state index >= 15 is 0 Å². The van der Waals surface area contributed by atoms with E-state index in [0.29, 0.717) is 5.56 Å². The number of benzene rings is 1. The van der Waals surface area contributed by atoms with Crippen LogP contribution in [0.5, 0.6) is 0 Å². The third-order valence-corrected chi connectivity index (χ3v) is 3.46. The molecule has 0 bridgehead atoms. The molecule has 17 heavy (non-hydrogen) atoms. The molecule has 1 amide bonds. The highest BCUT2D eigenvalue weighted by Gasteiger charge is 2.21. The maximum Gasteiger partial charge on any atom is 0.252 e. The van der Waals surface area contributed by atoms with Gasteiger partial charge in [-0.1, -0.05) is 12.1 Å². The summed E-state index contributed by atoms with van der Waals surface area (Å²) in [5, 5.41) is 21.0. The van der Waals surface area contributed by atoms with Crippen LogP contribution in [0.25, 0.3) is 0 Å². The van der Waals surface area contributed by atoms with Crippen LogP contribution < -0.4 is 5.32 Å². The Hall–Kier alpha value is -0.910. The van der Waals surface area contributed by atoms with Gasteiger partial charge in [-0.15, -0.1) is 0 Å². The minimum Gasteiger partial charge on any atom is -0.393 e. The zero-order chi connectivity index (χ0) is 13.1. The van der Waals surface area contributed by atoms with Crippen molar-refractivity contribution >= 4 is 21.8 Å². The van der Waals surface area contributed by atoms with Crippen molar-refractivity contribution in [2.45, 2.75) is 19.4 Å². The van der Waals surface area contributed by atoms with Crippen molar-refractivity contribution in [2.24, 2.45) is 0 Å². The first-order valence-electron chi connectivity index (χ1n) is 5.24. The van der Waals surface area contributed by atoms with Crippen molar-refractivity contribution in [3.63, 3.8) is 0 Å². The third kappa shape index (κ3) is 3.80. The van der Waals surface area contributed by atoms with Crippen molar-refractivity contribution in [1.82, 2.24) is 5.32 Å². The molecule has 1 aromatic carbocycles. The number of halogens is 1. The smallest absolute Gasteiger partial charge is 0.252 e. The minimum atomic E-state index is -1.30. The molecule has 0 aliphatic carbocycles. The Balaban J connectivity index is 2.74. The van der Waals surface area contributed by atoms with Gasteiger partial charge in [0.25, 0.3) is 5.91 Å². The molecule has 3 N–H and O–H groups in total. The third-order valence-electron chi connectivity index (χ3n) is 2.41. The number of hydrogen-bond acceptors (Lipinski definition) is 3. The van der Waals surface area contributed by atoms with E-state index in [-0.39, 0.29) is 12.5 Å². The molecule has 1 rings (SSSR count). The Morgan fingerprint density at radius 2 is 2.18 bits per heavy atom. The van der Waals surface area contributed by atoms with Gasteiger partial charge in [-0.2, -0.15) is 0 Å². The lowest BCUT2D eigenvalue weighted by molar-refractivity contribution is 0.00319. The van der Waals surface area contributed by atoms with Crippen LogP contribution in [-0.2, 0) is 0 Å². The van der Waals surface area contributed by atoms with E-state index in [4.69, 9.17) is 5.11 Å². The van der Waals surface area contributed by atoms with Gasteiger partial charge in [0, 0.05) is 11.0 Å². The van der Waals surface area contributed by atoms with Crippen molar-refractivity contribution in [1.29, 1.82) is 0 Å². The van der Waals surface area contributed by atoms with Crippen molar-refractivity contribution in [2.75, 3.05) is 13.2 Å². The van der Waals surface area contributed by atoms with Gasteiger partial charge in [-0.25, -0.2) is 0 Å². The first-order valence-corrected chi connectivity index (χ1v) is 6.03. The molecule has 0 aromatic heterocycles. The predicted molar refractivity (Wildman–Crippen MR) is 68.9 cm³/mol. The quantitative estimate of drug-likeness (QED) is 0.783. The van der Waals surface area contributed by atoms with E-state index in [9.17, 15) is 9.90 Å². The molecule has 5 heteroatoms. The zero-order valence-electron chi connectivity index (χ0n) is 9.83. The van der Waals surface area contributed by atoms with Gasteiger partial charge in [-0.05, 0) is 41.4 Å². The Labute approximate surface area is 109 Å². The molecule has 0 saturated heterocycles.